The van der Waals surface area contributed by atoms with Crippen molar-refractivity contribution in [3.05, 3.63) is 81.3 Å². The Bertz CT molecular complexity index is 1050. The number of likely N-dealkylation sites (tertiary alicyclic amines) is 1. The number of carbonyl (C=O) groups is 1. The molecule has 1 heterocycles. The van der Waals surface area contributed by atoms with Gasteiger partial charge in [0.25, 0.3) is 5.91 Å². The van der Waals surface area contributed by atoms with E-state index in [1.807, 2.05) is 26.0 Å². The van der Waals surface area contributed by atoms with Crippen LogP contribution in [0.5, 0.6) is 0 Å². The van der Waals surface area contributed by atoms with Gasteiger partial charge in [-0.25, -0.2) is 4.39 Å². The second-order valence-electron chi connectivity index (χ2n) is 7.47. The molecule has 3 N–H and O–H groups in total. The first-order valence-corrected chi connectivity index (χ1v) is 10.3. The summed E-state index contributed by atoms with van der Waals surface area (Å²) in [4.78, 5) is 14.7. The van der Waals surface area contributed by atoms with Gasteiger partial charge in [0.05, 0.1) is 17.3 Å². The SMILES string of the molecule is C/C(N)=C(\C)C(=N)c1cc(C(=O)N2CC(c3ccc(C#N)cc3)C2)c(C)cc1F.CC. The molecule has 0 spiro atoms. The van der Waals surface area contributed by atoms with Crippen LogP contribution in [0.2, 0.25) is 0 Å². The van der Waals surface area contributed by atoms with Crippen LogP contribution in [0.3, 0.4) is 0 Å². The number of aryl methyl sites for hydroxylation is 1. The van der Waals surface area contributed by atoms with E-state index in [0.29, 0.717) is 41.1 Å². The van der Waals surface area contributed by atoms with Gasteiger partial charge in [-0.05, 0) is 61.7 Å². The fourth-order valence-corrected chi connectivity index (χ4v) is 3.35. The molecule has 2 aromatic carbocycles. The van der Waals surface area contributed by atoms with Crippen LogP contribution >= 0.6 is 0 Å². The number of carbonyl (C=O) groups excluding carboxylic acids is 1. The zero-order chi connectivity index (χ0) is 23.3. The van der Waals surface area contributed by atoms with Gasteiger partial charge in [0.2, 0.25) is 0 Å². The molecule has 0 radical (unpaired) electrons. The van der Waals surface area contributed by atoms with Crippen LogP contribution in [0.15, 0.2) is 47.7 Å². The predicted octanol–water partition coefficient (Wildman–Crippen LogP) is 4.89. The van der Waals surface area contributed by atoms with Gasteiger partial charge in [0.1, 0.15) is 5.82 Å². The lowest BCUT2D eigenvalue weighted by molar-refractivity contribution is 0.0601. The molecule has 1 aliphatic rings. The molecule has 162 valence electrons. The lowest BCUT2D eigenvalue weighted by atomic mass is 9.89. The van der Waals surface area contributed by atoms with Crippen molar-refractivity contribution in [1.29, 1.82) is 10.7 Å². The fourth-order valence-electron chi connectivity index (χ4n) is 3.35. The molecule has 0 atom stereocenters. The number of nitrogens with two attached hydrogens (primary N) is 1. The van der Waals surface area contributed by atoms with Crippen LogP contribution in [0.4, 0.5) is 4.39 Å². The zero-order valence-corrected chi connectivity index (χ0v) is 18.7. The molecule has 3 rings (SSSR count). The molecule has 0 bridgehead atoms. The molecule has 6 heteroatoms. The van der Waals surface area contributed by atoms with E-state index < -0.39 is 5.82 Å². The third-order valence-corrected chi connectivity index (χ3v) is 5.46. The summed E-state index contributed by atoms with van der Waals surface area (Å²) in [7, 11) is 0. The minimum atomic E-state index is -0.538. The number of hydrogen-bond donors (Lipinski definition) is 2. The van der Waals surface area contributed by atoms with Crippen LogP contribution in [-0.4, -0.2) is 29.6 Å². The van der Waals surface area contributed by atoms with Crippen LogP contribution in [0, 0.1) is 29.5 Å². The number of nitriles is 1. The standard InChI is InChI=1S/C23H23FN4O.C2H6/c1-13-8-21(24)20(22(27)14(2)15(3)26)9-19(13)23(29)28-11-18(12-28)17-6-4-16(10-25)5-7-17;1-2/h4-9,18,27H,11-12,26H2,1-3H3;1-2H3/b15-14-,27-22?;. The maximum atomic E-state index is 14.5. The van der Waals surface area contributed by atoms with E-state index in [-0.39, 0.29) is 23.1 Å². The quantitative estimate of drug-likeness (QED) is 0.690. The normalized spacial score (nSPS) is 13.9. The maximum absolute atomic E-state index is 14.5. The average Bonchev–Trinajstić information content (AvgIpc) is 2.73. The number of hydrogen-bond acceptors (Lipinski definition) is 4. The largest absolute Gasteiger partial charge is 0.402 e. The predicted molar refractivity (Wildman–Crippen MR) is 122 cm³/mol. The number of nitrogens with one attached hydrogen (secondary N) is 1. The zero-order valence-electron chi connectivity index (χ0n) is 18.7. The number of rotatable bonds is 4. The van der Waals surface area contributed by atoms with Crippen molar-refractivity contribution in [2.45, 2.75) is 40.5 Å². The first-order chi connectivity index (χ1) is 14.7. The van der Waals surface area contributed by atoms with Gasteiger partial charge in [-0.1, -0.05) is 26.0 Å². The Morgan fingerprint density at radius 1 is 1.16 bits per heavy atom. The summed E-state index contributed by atoms with van der Waals surface area (Å²) in [6, 6.07) is 12.2. The van der Waals surface area contributed by atoms with Crippen LogP contribution in [0.25, 0.3) is 0 Å². The van der Waals surface area contributed by atoms with Crippen molar-refractivity contribution in [2.75, 3.05) is 13.1 Å². The van der Waals surface area contributed by atoms with E-state index in [1.165, 1.54) is 12.1 Å². The highest BCUT2D eigenvalue weighted by molar-refractivity contribution is 6.12. The van der Waals surface area contributed by atoms with E-state index in [1.54, 1.807) is 37.8 Å². The van der Waals surface area contributed by atoms with Gasteiger partial charge >= 0.3 is 0 Å². The summed E-state index contributed by atoms with van der Waals surface area (Å²) in [6.45, 7) is 10.1. The molecule has 0 aliphatic carbocycles. The smallest absolute Gasteiger partial charge is 0.254 e. The van der Waals surface area contributed by atoms with Crippen LogP contribution in [0.1, 0.15) is 66.2 Å². The monoisotopic (exact) mass is 420 g/mol. The Morgan fingerprint density at radius 3 is 2.26 bits per heavy atom. The van der Waals surface area contributed by atoms with Crippen molar-refractivity contribution < 1.29 is 9.18 Å². The highest BCUT2D eigenvalue weighted by Gasteiger charge is 2.33. The summed E-state index contributed by atoms with van der Waals surface area (Å²) in [5.41, 5.74) is 9.35. The highest BCUT2D eigenvalue weighted by Crippen LogP contribution is 2.30. The Hall–Kier alpha value is -3.46. The number of benzene rings is 2. The Kier molecular flexibility index (Phi) is 7.71. The summed E-state index contributed by atoms with van der Waals surface area (Å²) < 4.78 is 14.5. The second kappa shape index (κ2) is 10.0. The molecule has 0 saturated carbocycles. The third kappa shape index (κ3) is 5.00. The van der Waals surface area contributed by atoms with Gasteiger partial charge in [0, 0.05) is 35.8 Å². The van der Waals surface area contributed by atoms with Crippen molar-refractivity contribution in [3.8, 4) is 6.07 Å². The number of nitrogens with zero attached hydrogens (tertiary/aromatic N) is 2. The second-order valence-corrected chi connectivity index (χ2v) is 7.47. The summed E-state index contributed by atoms with van der Waals surface area (Å²) in [5, 5.41) is 17.1. The molecule has 2 aromatic rings. The number of halogens is 1. The van der Waals surface area contributed by atoms with Gasteiger partial charge < -0.3 is 10.6 Å². The molecule has 5 nitrogen and oxygen atoms in total. The first-order valence-electron chi connectivity index (χ1n) is 10.3. The van der Waals surface area contributed by atoms with Crippen molar-refractivity contribution in [3.63, 3.8) is 0 Å². The molecule has 1 amide bonds. The molecule has 1 fully saturated rings. The van der Waals surface area contributed by atoms with Gasteiger partial charge in [0.15, 0.2) is 0 Å². The Labute approximate surface area is 183 Å². The van der Waals surface area contributed by atoms with Crippen molar-refractivity contribution in [1.82, 2.24) is 4.90 Å². The van der Waals surface area contributed by atoms with Crippen LogP contribution < -0.4 is 5.73 Å². The molecule has 31 heavy (non-hydrogen) atoms. The first kappa shape index (κ1) is 23.8. The van der Waals surface area contributed by atoms with E-state index in [0.717, 1.165) is 5.56 Å². The summed E-state index contributed by atoms with van der Waals surface area (Å²) in [6.07, 6.45) is 0. The van der Waals surface area contributed by atoms with E-state index >= 15 is 0 Å². The Balaban J connectivity index is 0.00000166. The summed E-state index contributed by atoms with van der Waals surface area (Å²) in [5.74, 6) is -0.494. The molecule has 1 saturated heterocycles. The van der Waals surface area contributed by atoms with Crippen LogP contribution in [-0.2, 0) is 0 Å². The van der Waals surface area contributed by atoms with Gasteiger partial charge in [-0.2, -0.15) is 5.26 Å². The van der Waals surface area contributed by atoms with Gasteiger partial charge in [-0.15, -0.1) is 0 Å². The highest BCUT2D eigenvalue weighted by atomic mass is 19.1. The molecule has 1 aliphatic heterocycles. The summed E-state index contributed by atoms with van der Waals surface area (Å²) >= 11 is 0. The minimum absolute atomic E-state index is 0.0179. The molecular formula is C25H29FN4O. The molecule has 0 unspecified atom stereocenters. The fraction of sp³-hybridized carbons (Fsp3) is 0.320. The minimum Gasteiger partial charge on any atom is -0.402 e. The van der Waals surface area contributed by atoms with Gasteiger partial charge in [-0.3, -0.25) is 10.2 Å². The van der Waals surface area contributed by atoms with Crippen molar-refractivity contribution in [2.24, 2.45) is 5.73 Å². The third-order valence-electron chi connectivity index (χ3n) is 5.46. The van der Waals surface area contributed by atoms with E-state index in [2.05, 4.69) is 6.07 Å². The maximum Gasteiger partial charge on any atom is 0.254 e. The molecule has 0 aromatic heterocycles. The molecular weight excluding hydrogens is 391 g/mol. The Morgan fingerprint density at radius 2 is 1.74 bits per heavy atom. The lowest BCUT2D eigenvalue weighted by Gasteiger charge is -2.40. The average molecular weight is 421 g/mol. The van der Waals surface area contributed by atoms with E-state index in [9.17, 15) is 9.18 Å². The number of allylic oxidation sites excluding steroid dienone is 2. The van der Waals surface area contributed by atoms with E-state index in [4.69, 9.17) is 16.4 Å². The topological polar surface area (TPSA) is 94.0 Å². The van der Waals surface area contributed by atoms with Crippen molar-refractivity contribution >= 4 is 11.6 Å². The lowest BCUT2D eigenvalue weighted by Crippen LogP contribution is -2.48. The number of amides is 1.